The van der Waals surface area contributed by atoms with E-state index in [0.29, 0.717) is 22.3 Å². The lowest BCUT2D eigenvalue weighted by molar-refractivity contribution is -0.384. The quantitative estimate of drug-likeness (QED) is 0.197. The van der Waals surface area contributed by atoms with Crippen LogP contribution in [0, 0.1) is 30.9 Å². The Kier molecular flexibility index (Phi) is 7.26. The van der Waals surface area contributed by atoms with Gasteiger partial charge in [-0.25, -0.2) is 0 Å². The molecule has 0 bridgehead atoms. The van der Waals surface area contributed by atoms with Gasteiger partial charge in [0.15, 0.2) is 5.76 Å². The first-order valence-electron chi connectivity index (χ1n) is 11.0. The smallest absolute Gasteiger partial charge is 0.291 e. The summed E-state index contributed by atoms with van der Waals surface area (Å²) in [6, 6.07) is 18.1. The Morgan fingerprint density at radius 3 is 2.39 bits per heavy atom. The van der Waals surface area contributed by atoms with Crippen molar-refractivity contribution in [2.45, 2.75) is 27.4 Å². The molecule has 0 fully saturated rings. The molecule has 0 aliphatic carbocycles. The van der Waals surface area contributed by atoms with Gasteiger partial charge in [-0.05, 0) is 79.9 Å². The molecule has 0 aliphatic rings. The van der Waals surface area contributed by atoms with E-state index in [0.717, 1.165) is 16.7 Å². The molecule has 4 aromatic rings. The number of amides is 1. The highest BCUT2D eigenvalue weighted by Gasteiger charge is 2.17. The van der Waals surface area contributed by atoms with Gasteiger partial charge in [0.1, 0.15) is 29.6 Å². The molecule has 1 N–H and O–H groups in total. The second kappa shape index (κ2) is 10.5. The van der Waals surface area contributed by atoms with E-state index in [1.165, 1.54) is 24.3 Å². The number of nitro benzene ring substituents is 1. The standard InChI is InChI=1S/C27H23ClN2O6/c1-16-8-17(2)10-23(9-16)34-15-22-5-7-26(36-22)27(31)29-19-12-20(30(32)33)14-24(13-19)35-21-4-6-25(28)18(3)11-21/h4-14H,15H2,1-3H3,(H,29,31). The first-order valence-corrected chi connectivity index (χ1v) is 11.4. The number of carbonyl (C=O) groups is 1. The number of nitro groups is 1. The molecular formula is C27H23ClN2O6. The number of aryl methyl sites for hydroxylation is 3. The number of hydrogen-bond donors (Lipinski definition) is 1. The molecule has 36 heavy (non-hydrogen) atoms. The fourth-order valence-electron chi connectivity index (χ4n) is 3.58. The molecule has 1 amide bonds. The number of nitrogens with one attached hydrogen (secondary N) is 1. The summed E-state index contributed by atoms with van der Waals surface area (Å²) in [5.41, 5.74) is 2.89. The predicted molar refractivity (Wildman–Crippen MR) is 136 cm³/mol. The molecule has 4 rings (SSSR count). The van der Waals surface area contributed by atoms with Crippen molar-refractivity contribution in [1.82, 2.24) is 0 Å². The summed E-state index contributed by atoms with van der Waals surface area (Å²) in [7, 11) is 0. The highest BCUT2D eigenvalue weighted by Crippen LogP contribution is 2.31. The third-order valence-corrected chi connectivity index (χ3v) is 5.61. The van der Waals surface area contributed by atoms with E-state index in [4.69, 9.17) is 25.5 Å². The van der Waals surface area contributed by atoms with Gasteiger partial charge < -0.3 is 19.2 Å². The van der Waals surface area contributed by atoms with Crippen LogP contribution in [0.1, 0.15) is 33.0 Å². The topological polar surface area (TPSA) is 104 Å². The van der Waals surface area contributed by atoms with Crippen molar-refractivity contribution >= 4 is 28.9 Å². The number of halogens is 1. The molecule has 3 aromatic carbocycles. The third kappa shape index (κ3) is 6.22. The zero-order valence-corrected chi connectivity index (χ0v) is 20.6. The van der Waals surface area contributed by atoms with Crippen LogP contribution in [0.3, 0.4) is 0 Å². The Morgan fingerprint density at radius 1 is 0.944 bits per heavy atom. The van der Waals surface area contributed by atoms with Gasteiger partial charge in [0.05, 0.1) is 16.7 Å². The minimum atomic E-state index is -0.568. The first-order chi connectivity index (χ1) is 17.2. The van der Waals surface area contributed by atoms with E-state index in [9.17, 15) is 14.9 Å². The number of hydrogen-bond acceptors (Lipinski definition) is 6. The maximum absolute atomic E-state index is 12.8. The number of rotatable bonds is 8. The number of benzene rings is 3. The van der Waals surface area contributed by atoms with E-state index in [1.807, 2.05) is 39.0 Å². The van der Waals surface area contributed by atoms with Crippen LogP contribution >= 0.6 is 11.6 Å². The molecule has 0 saturated heterocycles. The molecule has 0 spiro atoms. The number of furan rings is 1. The number of carbonyl (C=O) groups excluding carboxylic acids is 1. The van der Waals surface area contributed by atoms with Crippen LogP contribution < -0.4 is 14.8 Å². The number of ether oxygens (including phenoxy) is 2. The average molecular weight is 507 g/mol. The van der Waals surface area contributed by atoms with Crippen LogP contribution in [0.4, 0.5) is 11.4 Å². The first kappa shape index (κ1) is 24.8. The van der Waals surface area contributed by atoms with E-state index in [1.54, 1.807) is 24.3 Å². The van der Waals surface area contributed by atoms with E-state index < -0.39 is 10.8 Å². The fourth-order valence-corrected chi connectivity index (χ4v) is 3.70. The second-order valence-corrected chi connectivity index (χ2v) is 8.73. The van der Waals surface area contributed by atoms with Crippen LogP contribution in [0.25, 0.3) is 0 Å². The Labute approximate surface area is 212 Å². The number of non-ortho nitro benzene ring substituents is 1. The average Bonchev–Trinajstić information content (AvgIpc) is 3.29. The minimum absolute atomic E-state index is 0.0383. The van der Waals surface area contributed by atoms with Gasteiger partial charge in [-0.3, -0.25) is 14.9 Å². The zero-order valence-electron chi connectivity index (χ0n) is 19.8. The summed E-state index contributed by atoms with van der Waals surface area (Å²) in [4.78, 5) is 23.6. The van der Waals surface area contributed by atoms with Crippen molar-refractivity contribution in [3.05, 3.63) is 110 Å². The van der Waals surface area contributed by atoms with Crippen molar-refractivity contribution in [2.24, 2.45) is 0 Å². The van der Waals surface area contributed by atoms with Crippen molar-refractivity contribution in [2.75, 3.05) is 5.32 Å². The SMILES string of the molecule is Cc1cc(C)cc(OCc2ccc(C(=O)Nc3cc(Oc4ccc(Cl)c(C)c4)cc([N+](=O)[O-])c3)o2)c1. The molecule has 8 nitrogen and oxygen atoms in total. The number of nitrogens with zero attached hydrogens (tertiary/aromatic N) is 1. The van der Waals surface area contributed by atoms with Gasteiger partial charge in [0.2, 0.25) is 0 Å². The second-order valence-electron chi connectivity index (χ2n) is 8.32. The molecule has 1 heterocycles. The summed E-state index contributed by atoms with van der Waals surface area (Å²) in [5, 5.41) is 14.6. The fraction of sp³-hybridized carbons (Fsp3) is 0.148. The van der Waals surface area contributed by atoms with Crippen molar-refractivity contribution in [3.63, 3.8) is 0 Å². The monoisotopic (exact) mass is 506 g/mol. The molecule has 0 unspecified atom stereocenters. The van der Waals surface area contributed by atoms with Crippen LogP contribution in [0.5, 0.6) is 17.2 Å². The lowest BCUT2D eigenvalue weighted by Gasteiger charge is -2.10. The summed E-state index contributed by atoms with van der Waals surface area (Å²) < 4.78 is 17.2. The maximum Gasteiger partial charge on any atom is 0.291 e. The maximum atomic E-state index is 12.8. The molecule has 0 radical (unpaired) electrons. The Morgan fingerprint density at radius 2 is 1.69 bits per heavy atom. The summed E-state index contributed by atoms with van der Waals surface area (Å²) in [6.07, 6.45) is 0. The molecule has 9 heteroatoms. The van der Waals surface area contributed by atoms with Crippen LogP contribution in [0.15, 0.2) is 71.1 Å². The Hall–Kier alpha value is -4.30. The summed E-state index contributed by atoms with van der Waals surface area (Å²) in [6.45, 7) is 5.93. The van der Waals surface area contributed by atoms with Gasteiger partial charge in [-0.15, -0.1) is 0 Å². The van der Waals surface area contributed by atoms with Gasteiger partial charge in [0.25, 0.3) is 11.6 Å². The lowest BCUT2D eigenvalue weighted by Crippen LogP contribution is -2.11. The van der Waals surface area contributed by atoms with Crippen LogP contribution in [0.2, 0.25) is 5.02 Å². The van der Waals surface area contributed by atoms with Crippen LogP contribution in [-0.4, -0.2) is 10.8 Å². The van der Waals surface area contributed by atoms with Crippen LogP contribution in [-0.2, 0) is 6.61 Å². The normalized spacial score (nSPS) is 10.7. The zero-order chi connectivity index (χ0) is 25.8. The number of anilines is 1. The Bertz CT molecular complexity index is 1430. The molecule has 0 atom stereocenters. The molecule has 0 aliphatic heterocycles. The van der Waals surface area contributed by atoms with Gasteiger partial charge >= 0.3 is 0 Å². The highest BCUT2D eigenvalue weighted by atomic mass is 35.5. The van der Waals surface area contributed by atoms with Gasteiger partial charge in [-0.1, -0.05) is 17.7 Å². The summed E-state index contributed by atoms with van der Waals surface area (Å²) >= 11 is 6.05. The van der Waals surface area contributed by atoms with Crippen molar-refractivity contribution in [1.29, 1.82) is 0 Å². The molecule has 1 aromatic heterocycles. The molecular weight excluding hydrogens is 484 g/mol. The summed E-state index contributed by atoms with van der Waals surface area (Å²) in [5.74, 6) is 1.27. The highest BCUT2D eigenvalue weighted by molar-refractivity contribution is 6.31. The van der Waals surface area contributed by atoms with E-state index in [2.05, 4.69) is 5.32 Å². The van der Waals surface area contributed by atoms with E-state index >= 15 is 0 Å². The predicted octanol–water partition coefficient (Wildman–Crippen LogP) is 7.39. The van der Waals surface area contributed by atoms with Gasteiger partial charge in [-0.2, -0.15) is 0 Å². The van der Waals surface area contributed by atoms with Gasteiger partial charge in [0, 0.05) is 17.2 Å². The van der Waals surface area contributed by atoms with E-state index in [-0.39, 0.29) is 29.5 Å². The lowest BCUT2D eigenvalue weighted by atomic mass is 10.1. The van der Waals surface area contributed by atoms with Crippen molar-refractivity contribution < 1.29 is 23.6 Å². The Balaban J connectivity index is 1.47. The molecule has 0 saturated carbocycles. The van der Waals surface area contributed by atoms with Crippen molar-refractivity contribution in [3.8, 4) is 17.2 Å². The third-order valence-electron chi connectivity index (χ3n) is 5.19. The molecule has 184 valence electrons. The largest absolute Gasteiger partial charge is 0.486 e. The minimum Gasteiger partial charge on any atom is -0.486 e.